The van der Waals surface area contributed by atoms with Crippen LogP contribution in [0.25, 0.3) is 0 Å². The van der Waals surface area contributed by atoms with Crippen LogP contribution in [0.5, 0.6) is 0 Å². The Morgan fingerprint density at radius 2 is 2.00 bits per heavy atom. The summed E-state index contributed by atoms with van der Waals surface area (Å²) in [6.07, 6.45) is 2.24. The van der Waals surface area contributed by atoms with Crippen LogP contribution in [-0.2, 0) is 0 Å². The molecule has 0 unspecified atom stereocenters. The van der Waals surface area contributed by atoms with Gasteiger partial charge in [0.1, 0.15) is 0 Å². The Labute approximate surface area is 115 Å². The fraction of sp³-hybridized carbons (Fsp3) is 0.500. The van der Waals surface area contributed by atoms with Crippen molar-refractivity contribution in [1.82, 2.24) is 4.90 Å². The third kappa shape index (κ3) is 3.80. The van der Waals surface area contributed by atoms with E-state index in [0.717, 1.165) is 32.5 Å². The average Bonchev–Trinajstić information content (AvgIpc) is 2.39. The van der Waals surface area contributed by atoms with E-state index in [4.69, 9.17) is 5.11 Å². The zero-order valence-electron chi connectivity index (χ0n) is 11.7. The van der Waals surface area contributed by atoms with Gasteiger partial charge in [0.05, 0.1) is 5.56 Å². The second-order valence-electron chi connectivity index (χ2n) is 5.69. The molecule has 1 aromatic carbocycles. The summed E-state index contributed by atoms with van der Waals surface area (Å²) >= 11 is 0. The molecule has 0 aliphatic carbocycles. The molecular weight excluding hydrogens is 238 g/mol. The topological polar surface area (TPSA) is 40.5 Å². The van der Waals surface area contributed by atoms with Gasteiger partial charge in [-0.3, -0.25) is 0 Å². The summed E-state index contributed by atoms with van der Waals surface area (Å²) in [5.74, 6) is 1.12. The standard InChI is InChI=1S/C16H22NO2/c1-12(2)11-17-8-6-13(7-9-17)14-4-3-5-15(10-14)16(18)19/h3-5,10,13H,6-9,11H2,1-2H3,(H,18,19). The molecule has 103 valence electrons. The Bertz CT molecular complexity index is 434. The fourth-order valence-electron chi connectivity index (χ4n) is 2.80. The zero-order valence-corrected chi connectivity index (χ0v) is 11.7. The summed E-state index contributed by atoms with van der Waals surface area (Å²) in [6, 6.07) is 7.41. The predicted octanol–water partition coefficient (Wildman–Crippen LogP) is 3.18. The summed E-state index contributed by atoms with van der Waals surface area (Å²) in [5, 5.41) is 9.04. The second kappa shape index (κ2) is 6.20. The number of benzene rings is 1. The highest BCUT2D eigenvalue weighted by Gasteiger charge is 2.21. The number of carboxylic acids is 1. The van der Waals surface area contributed by atoms with Gasteiger partial charge in [0.2, 0.25) is 0 Å². The van der Waals surface area contributed by atoms with Crippen molar-refractivity contribution in [3.05, 3.63) is 41.3 Å². The summed E-state index contributed by atoms with van der Waals surface area (Å²) in [7, 11) is 0. The first kappa shape index (κ1) is 14.1. The monoisotopic (exact) mass is 260 g/mol. The molecule has 2 rings (SSSR count). The van der Waals surface area contributed by atoms with E-state index < -0.39 is 5.97 Å². The van der Waals surface area contributed by atoms with Gasteiger partial charge in [-0.05, 0) is 55.5 Å². The Kier molecular flexibility index (Phi) is 4.59. The Morgan fingerprint density at radius 1 is 1.32 bits per heavy atom. The summed E-state index contributed by atoms with van der Waals surface area (Å²) in [5.41, 5.74) is 1.58. The number of carboxylic acid groups (broad SMARTS) is 1. The van der Waals surface area contributed by atoms with E-state index in [2.05, 4.69) is 24.8 Å². The molecule has 1 N–H and O–H groups in total. The summed E-state index contributed by atoms with van der Waals surface area (Å²) in [6.45, 7) is 7.63. The molecule has 1 heterocycles. The molecule has 3 nitrogen and oxygen atoms in total. The van der Waals surface area contributed by atoms with Crippen LogP contribution in [0, 0.1) is 5.92 Å². The first-order valence-electron chi connectivity index (χ1n) is 6.91. The highest BCUT2D eigenvalue weighted by Crippen LogP contribution is 2.28. The van der Waals surface area contributed by atoms with Gasteiger partial charge >= 0.3 is 5.97 Å². The number of piperidine rings is 1. The third-order valence-electron chi connectivity index (χ3n) is 3.73. The Balaban J connectivity index is 1.97. The van der Waals surface area contributed by atoms with Crippen LogP contribution in [0.1, 0.15) is 48.5 Å². The van der Waals surface area contributed by atoms with Crippen LogP contribution in [0.15, 0.2) is 24.3 Å². The molecule has 0 spiro atoms. The van der Waals surface area contributed by atoms with Gasteiger partial charge < -0.3 is 10.0 Å². The molecule has 19 heavy (non-hydrogen) atoms. The maximum atomic E-state index is 11.0. The molecule has 0 aromatic heterocycles. The molecule has 0 atom stereocenters. The molecule has 1 fully saturated rings. The largest absolute Gasteiger partial charge is 0.478 e. The lowest BCUT2D eigenvalue weighted by Gasteiger charge is -2.33. The third-order valence-corrected chi connectivity index (χ3v) is 3.73. The van der Waals surface area contributed by atoms with Crippen LogP contribution < -0.4 is 0 Å². The molecule has 1 aromatic rings. The van der Waals surface area contributed by atoms with Crippen LogP contribution in [0.2, 0.25) is 0 Å². The first-order chi connectivity index (χ1) is 9.06. The van der Waals surface area contributed by atoms with Gasteiger partial charge in [0.25, 0.3) is 0 Å². The zero-order chi connectivity index (χ0) is 13.8. The Morgan fingerprint density at radius 3 is 2.58 bits per heavy atom. The summed E-state index contributed by atoms with van der Waals surface area (Å²) < 4.78 is 0. The SMILES string of the molecule is C[C](C)CN1CCC(c2cccc(C(=O)O)c2)CC1. The highest BCUT2D eigenvalue weighted by atomic mass is 16.4. The van der Waals surface area contributed by atoms with Gasteiger partial charge in [-0.25, -0.2) is 4.79 Å². The number of nitrogens with zero attached hydrogens (tertiary/aromatic N) is 1. The van der Waals surface area contributed by atoms with E-state index in [9.17, 15) is 4.79 Å². The fourth-order valence-corrected chi connectivity index (χ4v) is 2.80. The predicted molar refractivity (Wildman–Crippen MR) is 76.4 cm³/mol. The van der Waals surface area contributed by atoms with Gasteiger partial charge in [-0.2, -0.15) is 0 Å². The van der Waals surface area contributed by atoms with Crippen molar-refractivity contribution in [3.63, 3.8) is 0 Å². The quantitative estimate of drug-likeness (QED) is 0.904. The van der Waals surface area contributed by atoms with E-state index in [1.165, 1.54) is 11.5 Å². The van der Waals surface area contributed by atoms with Crippen molar-refractivity contribution < 1.29 is 9.90 Å². The Hall–Kier alpha value is -1.35. The number of carbonyl (C=O) groups is 1. The number of likely N-dealkylation sites (tertiary alicyclic amines) is 1. The molecule has 0 bridgehead atoms. The van der Waals surface area contributed by atoms with Crippen molar-refractivity contribution >= 4 is 5.97 Å². The molecule has 1 aliphatic rings. The van der Waals surface area contributed by atoms with E-state index in [0.29, 0.717) is 11.5 Å². The molecule has 1 radical (unpaired) electrons. The van der Waals surface area contributed by atoms with Crippen LogP contribution in [-0.4, -0.2) is 35.6 Å². The summed E-state index contributed by atoms with van der Waals surface area (Å²) in [4.78, 5) is 13.5. The smallest absolute Gasteiger partial charge is 0.335 e. The van der Waals surface area contributed by atoms with Crippen LogP contribution >= 0.6 is 0 Å². The van der Waals surface area contributed by atoms with Gasteiger partial charge in [-0.1, -0.05) is 26.0 Å². The molecular formula is C16H22NO2. The number of aromatic carboxylic acids is 1. The number of hydrogen-bond acceptors (Lipinski definition) is 2. The van der Waals surface area contributed by atoms with Crippen molar-refractivity contribution in [2.45, 2.75) is 32.6 Å². The minimum absolute atomic E-state index is 0.401. The van der Waals surface area contributed by atoms with Gasteiger partial charge in [-0.15, -0.1) is 0 Å². The van der Waals surface area contributed by atoms with Crippen molar-refractivity contribution in [2.24, 2.45) is 0 Å². The van der Waals surface area contributed by atoms with E-state index in [1.807, 2.05) is 12.1 Å². The minimum Gasteiger partial charge on any atom is -0.478 e. The van der Waals surface area contributed by atoms with Crippen molar-refractivity contribution in [2.75, 3.05) is 19.6 Å². The second-order valence-corrected chi connectivity index (χ2v) is 5.69. The van der Waals surface area contributed by atoms with Gasteiger partial charge in [0.15, 0.2) is 0 Å². The van der Waals surface area contributed by atoms with Crippen molar-refractivity contribution in [1.29, 1.82) is 0 Å². The molecule has 0 saturated carbocycles. The van der Waals surface area contributed by atoms with E-state index in [1.54, 1.807) is 6.07 Å². The van der Waals surface area contributed by atoms with Crippen molar-refractivity contribution in [3.8, 4) is 0 Å². The number of rotatable bonds is 4. The lowest BCUT2D eigenvalue weighted by Crippen LogP contribution is -2.35. The average molecular weight is 260 g/mol. The molecule has 0 amide bonds. The van der Waals surface area contributed by atoms with Crippen LogP contribution in [0.3, 0.4) is 0 Å². The minimum atomic E-state index is -0.838. The maximum Gasteiger partial charge on any atom is 0.335 e. The molecule has 1 aliphatic heterocycles. The highest BCUT2D eigenvalue weighted by molar-refractivity contribution is 5.87. The first-order valence-corrected chi connectivity index (χ1v) is 6.91. The maximum absolute atomic E-state index is 11.0. The van der Waals surface area contributed by atoms with Gasteiger partial charge in [0, 0.05) is 6.54 Å². The van der Waals surface area contributed by atoms with Crippen LogP contribution in [0.4, 0.5) is 0 Å². The molecule has 3 heteroatoms. The lowest BCUT2D eigenvalue weighted by molar-refractivity contribution is 0.0696. The molecule has 1 saturated heterocycles. The van der Waals surface area contributed by atoms with E-state index >= 15 is 0 Å². The normalized spacial score (nSPS) is 17.8. The van der Waals surface area contributed by atoms with E-state index in [-0.39, 0.29) is 0 Å². The number of hydrogen-bond donors (Lipinski definition) is 1. The lowest BCUT2D eigenvalue weighted by atomic mass is 9.88.